The van der Waals surface area contributed by atoms with Crippen LogP contribution in [-0.2, 0) is 24.3 Å². The van der Waals surface area contributed by atoms with Crippen molar-refractivity contribution in [3.63, 3.8) is 0 Å². The molecule has 0 fully saturated rings. The second-order valence-corrected chi connectivity index (χ2v) is 8.41. The van der Waals surface area contributed by atoms with Crippen LogP contribution in [0.1, 0.15) is 22.9 Å². The van der Waals surface area contributed by atoms with Crippen LogP contribution in [0.15, 0.2) is 64.2 Å². The van der Waals surface area contributed by atoms with E-state index in [1.54, 1.807) is 12.1 Å². The quantitative estimate of drug-likeness (QED) is 0.489. The Balaban J connectivity index is 1.79. The van der Waals surface area contributed by atoms with E-state index in [-0.39, 0.29) is 6.54 Å². The Morgan fingerprint density at radius 1 is 1.09 bits per heavy atom. The largest absolute Gasteiger partial charge is 0.480 e. The molecule has 0 saturated carbocycles. The van der Waals surface area contributed by atoms with E-state index < -0.39 is 23.8 Å². The fourth-order valence-electron chi connectivity index (χ4n) is 3.64. The normalized spacial score (nSPS) is 10.9. The van der Waals surface area contributed by atoms with Gasteiger partial charge in [0.2, 0.25) is 0 Å². The van der Waals surface area contributed by atoms with Gasteiger partial charge < -0.3 is 5.11 Å². The summed E-state index contributed by atoms with van der Waals surface area (Å²) in [7, 11) is 0. The van der Waals surface area contributed by atoms with Gasteiger partial charge in [-0.25, -0.2) is 9.36 Å². The fourth-order valence-corrected chi connectivity index (χ4v) is 4.72. The summed E-state index contributed by atoms with van der Waals surface area (Å²) in [4.78, 5) is 38.5. The molecular formula is C24H19N3O4S. The van der Waals surface area contributed by atoms with Crippen LogP contribution in [0.3, 0.4) is 0 Å². The molecule has 4 rings (SSSR count). The molecule has 160 valence electrons. The van der Waals surface area contributed by atoms with E-state index in [2.05, 4.69) is 6.07 Å². The van der Waals surface area contributed by atoms with Crippen molar-refractivity contribution in [2.75, 3.05) is 0 Å². The zero-order valence-electron chi connectivity index (χ0n) is 17.2. The van der Waals surface area contributed by atoms with Crippen LogP contribution >= 0.6 is 11.3 Å². The zero-order valence-corrected chi connectivity index (χ0v) is 18.1. The molecule has 0 amide bonds. The molecule has 0 unspecified atom stereocenters. The molecule has 4 aromatic rings. The van der Waals surface area contributed by atoms with E-state index in [1.807, 2.05) is 49.4 Å². The minimum atomic E-state index is -1.25. The highest BCUT2D eigenvalue weighted by Crippen LogP contribution is 2.25. The smallest absolute Gasteiger partial charge is 0.332 e. The van der Waals surface area contributed by atoms with E-state index in [0.717, 1.165) is 26.1 Å². The van der Waals surface area contributed by atoms with Gasteiger partial charge in [0.25, 0.3) is 5.56 Å². The highest BCUT2D eigenvalue weighted by atomic mass is 32.1. The first-order valence-electron chi connectivity index (χ1n) is 9.99. The Morgan fingerprint density at radius 2 is 1.81 bits per heavy atom. The monoisotopic (exact) mass is 445 g/mol. The van der Waals surface area contributed by atoms with Crippen LogP contribution in [0, 0.1) is 11.3 Å². The number of aryl methyl sites for hydroxylation is 1. The number of carbonyl (C=O) groups is 1. The summed E-state index contributed by atoms with van der Waals surface area (Å²) < 4.78 is 2.23. The molecule has 0 radical (unpaired) electrons. The van der Waals surface area contributed by atoms with Crippen molar-refractivity contribution in [1.82, 2.24) is 9.13 Å². The molecule has 0 spiro atoms. The van der Waals surface area contributed by atoms with Gasteiger partial charge in [0, 0.05) is 4.88 Å². The summed E-state index contributed by atoms with van der Waals surface area (Å²) in [6, 6.07) is 18.7. The predicted octanol–water partition coefficient (Wildman–Crippen LogP) is 3.46. The van der Waals surface area contributed by atoms with Crippen molar-refractivity contribution in [3.05, 3.63) is 91.4 Å². The number of thiophene rings is 1. The molecule has 2 aromatic carbocycles. The molecule has 0 aliphatic heterocycles. The number of fused-ring (bicyclic) bond motifs is 1. The maximum absolute atomic E-state index is 13.0. The minimum Gasteiger partial charge on any atom is -0.480 e. The number of carboxylic acids is 1. The van der Waals surface area contributed by atoms with E-state index in [0.29, 0.717) is 22.2 Å². The molecule has 2 aromatic heterocycles. The summed E-state index contributed by atoms with van der Waals surface area (Å²) in [5.74, 6) is -1.25. The number of nitriles is 1. The molecule has 0 bridgehead atoms. The molecule has 8 heteroatoms. The number of aliphatic carboxylic acids is 1. The number of aromatic nitrogens is 2. The van der Waals surface area contributed by atoms with Crippen molar-refractivity contribution in [3.8, 4) is 17.2 Å². The van der Waals surface area contributed by atoms with Gasteiger partial charge in [0.1, 0.15) is 11.4 Å². The van der Waals surface area contributed by atoms with Crippen LogP contribution < -0.4 is 11.2 Å². The van der Waals surface area contributed by atoms with Crippen molar-refractivity contribution < 1.29 is 9.90 Å². The first-order valence-corrected chi connectivity index (χ1v) is 10.8. The average Bonchev–Trinajstić information content (AvgIpc) is 3.24. The van der Waals surface area contributed by atoms with E-state index >= 15 is 0 Å². The number of benzene rings is 2. The number of carboxylic acid groups (broad SMARTS) is 1. The van der Waals surface area contributed by atoms with Crippen molar-refractivity contribution in [2.24, 2.45) is 0 Å². The van der Waals surface area contributed by atoms with Crippen molar-refractivity contribution >= 4 is 27.5 Å². The van der Waals surface area contributed by atoms with E-state index in [9.17, 15) is 24.8 Å². The molecule has 0 aliphatic rings. The lowest BCUT2D eigenvalue weighted by atomic mass is 9.99. The Hall–Kier alpha value is -3.96. The third-order valence-electron chi connectivity index (χ3n) is 5.24. The third-order valence-corrected chi connectivity index (χ3v) is 6.54. The Bertz CT molecular complexity index is 1490. The lowest BCUT2D eigenvalue weighted by Gasteiger charge is -2.12. The minimum absolute atomic E-state index is 0.194. The van der Waals surface area contributed by atoms with Crippen LogP contribution in [0.2, 0.25) is 0 Å². The van der Waals surface area contributed by atoms with Crippen molar-refractivity contribution in [2.45, 2.75) is 26.4 Å². The summed E-state index contributed by atoms with van der Waals surface area (Å²) in [6.07, 6.45) is 0.707. The standard InChI is InChI=1S/C24H19N3O4S/c1-2-18-11-20-22(30)26(14-21(28)29)24(31)27(23(20)32-18)13-15-7-9-16(10-8-15)19-6-4-3-5-17(19)12-25/h3-11H,2,13-14H2,1H3,(H,28,29). The summed E-state index contributed by atoms with van der Waals surface area (Å²) >= 11 is 1.37. The Morgan fingerprint density at radius 3 is 2.47 bits per heavy atom. The maximum Gasteiger partial charge on any atom is 0.332 e. The third kappa shape index (κ3) is 3.86. The van der Waals surface area contributed by atoms with Gasteiger partial charge in [-0.05, 0) is 35.2 Å². The first kappa shape index (κ1) is 21.3. The molecular weight excluding hydrogens is 426 g/mol. The molecule has 7 nitrogen and oxygen atoms in total. The second-order valence-electron chi connectivity index (χ2n) is 7.29. The van der Waals surface area contributed by atoms with Gasteiger partial charge in [-0.3, -0.25) is 14.2 Å². The SMILES string of the molecule is CCc1cc2c(=O)n(CC(=O)O)c(=O)n(Cc3ccc(-c4ccccc4C#N)cc3)c2s1. The number of hydrogen-bond donors (Lipinski definition) is 1. The van der Waals surface area contributed by atoms with Crippen LogP contribution in [0.5, 0.6) is 0 Å². The van der Waals surface area contributed by atoms with E-state index in [1.165, 1.54) is 15.9 Å². The zero-order chi connectivity index (χ0) is 22.8. The van der Waals surface area contributed by atoms with Gasteiger partial charge in [-0.1, -0.05) is 49.4 Å². The van der Waals surface area contributed by atoms with Crippen LogP contribution in [-0.4, -0.2) is 20.2 Å². The predicted molar refractivity (Wildman–Crippen MR) is 123 cm³/mol. The molecule has 0 aliphatic carbocycles. The summed E-state index contributed by atoms with van der Waals surface area (Å²) in [6.45, 7) is 1.47. The lowest BCUT2D eigenvalue weighted by molar-refractivity contribution is -0.137. The number of hydrogen-bond acceptors (Lipinski definition) is 5. The Labute approximate surface area is 187 Å². The first-order chi connectivity index (χ1) is 15.4. The molecule has 1 N–H and O–H groups in total. The van der Waals surface area contributed by atoms with Gasteiger partial charge in [-0.15, -0.1) is 11.3 Å². The topological polar surface area (TPSA) is 105 Å². The van der Waals surface area contributed by atoms with Crippen LogP contribution in [0.4, 0.5) is 0 Å². The molecule has 0 atom stereocenters. The molecule has 0 saturated heterocycles. The van der Waals surface area contributed by atoms with Gasteiger partial charge in [0.15, 0.2) is 0 Å². The lowest BCUT2D eigenvalue weighted by Crippen LogP contribution is -2.41. The summed E-state index contributed by atoms with van der Waals surface area (Å²) in [5.41, 5.74) is 1.87. The second kappa shape index (κ2) is 8.65. The molecule has 32 heavy (non-hydrogen) atoms. The van der Waals surface area contributed by atoms with Gasteiger partial charge in [0.05, 0.1) is 23.6 Å². The number of rotatable bonds is 6. The van der Waals surface area contributed by atoms with Crippen molar-refractivity contribution in [1.29, 1.82) is 5.26 Å². The fraction of sp³-hybridized carbons (Fsp3) is 0.167. The van der Waals surface area contributed by atoms with Gasteiger partial charge >= 0.3 is 11.7 Å². The van der Waals surface area contributed by atoms with Crippen LogP contribution in [0.25, 0.3) is 21.3 Å². The Kier molecular flexibility index (Phi) is 5.75. The molecule has 2 heterocycles. The van der Waals surface area contributed by atoms with E-state index in [4.69, 9.17) is 0 Å². The highest BCUT2D eigenvalue weighted by Gasteiger charge is 2.18. The summed E-state index contributed by atoms with van der Waals surface area (Å²) in [5, 5.41) is 18.9. The number of nitrogens with zero attached hydrogens (tertiary/aromatic N) is 3. The average molecular weight is 446 g/mol. The highest BCUT2D eigenvalue weighted by molar-refractivity contribution is 7.18. The maximum atomic E-state index is 13.0. The van der Waals surface area contributed by atoms with Gasteiger partial charge in [-0.2, -0.15) is 5.26 Å².